The van der Waals surface area contributed by atoms with E-state index in [1.165, 1.54) is 19.3 Å². The first-order chi connectivity index (χ1) is 10.1. The van der Waals surface area contributed by atoms with E-state index in [0.29, 0.717) is 12.1 Å². The second-order valence-corrected chi connectivity index (χ2v) is 7.33. The Bertz CT molecular complexity index is 480. The first kappa shape index (κ1) is 15.1. The van der Waals surface area contributed by atoms with Crippen LogP contribution in [0.5, 0.6) is 5.88 Å². The Morgan fingerprint density at radius 3 is 2.62 bits per heavy atom. The lowest BCUT2D eigenvalue weighted by atomic mass is 9.82. The van der Waals surface area contributed by atoms with Crippen LogP contribution in [-0.4, -0.2) is 17.1 Å². The molecule has 1 N–H and O–H groups in total. The number of rotatable bonds is 5. The molecule has 0 aliphatic heterocycles. The summed E-state index contributed by atoms with van der Waals surface area (Å²) in [6.07, 6.45) is 8.14. The Labute approximate surface area is 132 Å². The van der Waals surface area contributed by atoms with Gasteiger partial charge < -0.3 is 10.1 Å². The average Bonchev–Trinajstić information content (AvgIpc) is 3.22. The molecule has 2 aliphatic carbocycles. The molecule has 0 bridgehead atoms. The molecule has 1 heterocycles. The maximum Gasteiger partial charge on any atom is 0.213 e. The van der Waals surface area contributed by atoms with Crippen LogP contribution in [0.3, 0.4) is 0 Å². The minimum atomic E-state index is 0.293. The third-order valence-corrected chi connectivity index (χ3v) is 4.83. The average molecular weight is 309 g/mol. The molecular weight excluding hydrogens is 284 g/mol. The summed E-state index contributed by atoms with van der Waals surface area (Å²) in [7, 11) is 0. The zero-order valence-corrected chi connectivity index (χ0v) is 13.7. The molecule has 1 aromatic rings. The predicted octanol–water partition coefficient (Wildman–Crippen LogP) is 4.19. The highest BCUT2D eigenvalue weighted by Gasteiger charge is 2.26. The summed E-state index contributed by atoms with van der Waals surface area (Å²) < 4.78 is 6.12. The quantitative estimate of drug-likeness (QED) is 0.885. The molecular formula is C17H25ClN2O. The van der Waals surface area contributed by atoms with Crippen molar-refractivity contribution >= 4 is 11.6 Å². The normalized spacial score (nSPS) is 29.4. The van der Waals surface area contributed by atoms with Crippen molar-refractivity contribution < 1.29 is 4.74 Å². The Kier molecular flexibility index (Phi) is 4.70. The molecule has 0 amide bonds. The molecule has 2 fully saturated rings. The first-order valence-corrected chi connectivity index (χ1v) is 8.52. The summed E-state index contributed by atoms with van der Waals surface area (Å²) in [6, 6.07) is 2.68. The number of nitrogens with zero attached hydrogens (tertiary/aromatic N) is 1. The van der Waals surface area contributed by atoms with E-state index >= 15 is 0 Å². The van der Waals surface area contributed by atoms with Crippen LogP contribution in [0, 0.1) is 11.8 Å². The summed E-state index contributed by atoms with van der Waals surface area (Å²) >= 11 is 6.23. The molecule has 2 aliphatic rings. The molecule has 4 heteroatoms. The van der Waals surface area contributed by atoms with Crippen molar-refractivity contribution in [2.45, 2.75) is 64.6 Å². The second kappa shape index (κ2) is 6.53. The largest absolute Gasteiger partial charge is 0.474 e. The van der Waals surface area contributed by atoms with Crippen LogP contribution in [0.2, 0.25) is 5.02 Å². The number of hydrogen-bond acceptors (Lipinski definition) is 3. The topological polar surface area (TPSA) is 34.1 Å². The van der Waals surface area contributed by atoms with Crippen molar-refractivity contribution in [2.75, 3.05) is 0 Å². The summed E-state index contributed by atoms with van der Waals surface area (Å²) in [6.45, 7) is 5.43. The lowest BCUT2D eigenvalue weighted by Gasteiger charge is -2.31. The standard InChI is InChI=1S/C17H25ClN2O/c1-11-5-12(2)7-15(6-11)21-17-8-13(16(18)10-20-17)9-19-14-3-4-14/h8,10-12,14-15,19H,3-7,9H2,1-2H3. The Morgan fingerprint density at radius 2 is 1.95 bits per heavy atom. The maximum atomic E-state index is 6.23. The molecule has 2 atom stereocenters. The maximum absolute atomic E-state index is 6.23. The number of hydrogen-bond donors (Lipinski definition) is 1. The van der Waals surface area contributed by atoms with Gasteiger partial charge in [0.1, 0.15) is 6.10 Å². The second-order valence-electron chi connectivity index (χ2n) is 6.93. The monoisotopic (exact) mass is 308 g/mol. The predicted molar refractivity (Wildman–Crippen MR) is 85.7 cm³/mol. The minimum absolute atomic E-state index is 0.293. The van der Waals surface area contributed by atoms with Crippen molar-refractivity contribution in [3.63, 3.8) is 0 Å². The van der Waals surface area contributed by atoms with E-state index in [1.54, 1.807) is 6.20 Å². The van der Waals surface area contributed by atoms with Gasteiger partial charge in [0.2, 0.25) is 5.88 Å². The van der Waals surface area contributed by atoms with Crippen LogP contribution in [0.4, 0.5) is 0 Å². The lowest BCUT2D eigenvalue weighted by molar-refractivity contribution is 0.0966. The third kappa shape index (κ3) is 4.33. The number of ether oxygens (including phenoxy) is 1. The molecule has 3 nitrogen and oxygen atoms in total. The molecule has 116 valence electrons. The van der Waals surface area contributed by atoms with Crippen LogP contribution in [0.1, 0.15) is 51.5 Å². The van der Waals surface area contributed by atoms with E-state index in [2.05, 4.69) is 24.1 Å². The molecule has 21 heavy (non-hydrogen) atoms. The zero-order valence-electron chi connectivity index (χ0n) is 12.9. The number of aromatic nitrogens is 1. The van der Waals surface area contributed by atoms with E-state index in [4.69, 9.17) is 16.3 Å². The van der Waals surface area contributed by atoms with E-state index in [9.17, 15) is 0 Å². The minimum Gasteiger partial charge on any atom is -0.474 e. The van der Waals surface area contributed by atoms with Gasteiger partial charge in [-0.05, 0) is 49.5 Å². The summed E-state index contributed by atoms with van der Waals surface area (Å²) in [4.78, 5) is 4.34. The van der Waals surface area contributed by atoms with Gasteiger partial charge in [0.05, 0.1) is 5.02 Å². The molecule has 0 saturated heterocycles. The first-order valence-electron chi connectivity index (χ1n) is 8.14. The number of halogens is 1. The molecule has 3 rings (SSSR count). The van der Waals surface area contributed by atoms with Gasteiger partial charge in [-0.25, -0.2) is 4.98 Å². The molecule has 0 radical (unpaired) electrons. The summed E-state index contributed by atoms with van der Waals surface area (Å²) in [5.41, 5.74) is 1.09. The molecule has 0 aromatic carbocycles. The SMILES string of the molecule is CC1CC(C)CC(Oc2cc(CNC3CC3)c(Cl)cn2)C1. The summed E-state index contributed by atoms with van der Waals surface area (Å²) in [5, 5.41) is 4.21. The van der Waals surface area contributed by atoms with Crippen molar-refractivity contribution in [3.05, 3.63) is 22.8 Å². The number of nitrogens with one attached hydrogen (secondary N) is 1. The van der Waals surface area contributed by atoms with Crippen LogP contribution >= 0.6 is 11.6 Å². The highest BCUT2D eigenvalue weighted by atomic mass is 35.5. The lowest BCUT2D eigenvalue weighted by Crippen LogP contribution is -2.28. The van der Waals surface area contributed by atoms with Crippen molar-refractivity contribution in [2.24, 2.45) is 11.8 Å². The van der Waals surface area contributed by atoms with Crippen molar-refractivity contribution in [1.82, 2.24) is 10.3 Å². The van der Waals surface area contributed by atoms with Gasteiger partial charge in [0.15, 0.2) is 0 Å². The fraction of sp³-hybridized carbons (Fsp3) is 0.706. The van der Waals surface area contributed by atoms with E-state index in [-0.39, 0.29) is 0 Å². The highest BCUT2D eigenvalue weighted by Crippen LogP contribution is 2.31. The van der Waals surface area contributed by atoms with E-state index < -0.39 is 0 Å². The van der Waals surface area contributed by atoms with Crippen LogP contribution in [0.15, 0.2) is 12.3 Å². The van der Waals surface area contributed by atoms with Gasteiger partial charge in [-0.2, -0.15) is 0 Å². The molecule has 1 aromatic heterocycles. The third-order valence-electron chi connectivity index (χ3n) is 4.49. The van der Waals surface area contributed by atoms with Crippen LogP contribution < -0.4 is 10.1 Å². The van der Waals surface area contributed by atoms with Crippen LogP contribution in [-0.2, 0) is 6.54 Å². The van der Waals surface area contributed by atoms with Crippen LogP contribution in [0.25, 0.3) is 0 Å². The van der Waals surface area contributed by atoms with Crippen molar-refractivity contribution in [3.8, 4) is 5.88 Å². The smallest absolute Gasteiger partial charge is 0.213 e. The van der Waals surface area contributed by atoms with Crippen molar-refractivity contribution in [1.29, 1.82) is 0 Å². The Balaban J connectivity index is 1.62. The number of pyridine rings is 1. The fourth-order valence-electron chi connectivity index (χ4n) is 3.34. The van der Waals surface area contributed by atoms with E-state index in [1.807, 2.05) is 6.07 Å². The van der Waals surface area contributed by atoms with E-state index in [0.717, 1.165) is 47.7 Å². The van der Waals surface area contributed by atoms with Gasteiger partial charge in [-0.3, -0.25) is 0 Å². The van der Waals surface area contributed by atoms with Gasteiger partial charge in [-0.1, -0.05) is 25.4 Å². The Hall–Kier alpha value is -0.800. The fourth-order valence-corrected chi connectivity index (χ4v) is 3.51. The Morgan fingerprint density at radius 1 is 1.24 bits per heavy atom. The van der Waals surface area contributed by atoms with Gasteiger partial charge >= 0.3 is 0 Å². The zero-order chi connectivity index (χ0) is 14.8. The van der Waals surface area contributed by atoms with Gasteiger partial charge in [0, 0.05) is 24.8 Å². The molecule has 2 unspecified atom stereocenters. The van der Waals surface area contributed by atoms with Gasteiger partial charge in [0.25, 0.3) is 0 Å². The summed E-state index contributed by atoms with van der Waals surface area (Å²) in [5.74, 6) is 2.20. The highest BCUT2D eigenvalue weighted by molar-refractivity contribution is 6.31. The molecule has 0 spiro atoms. The van der Waals surface area contributed by atoms with Gasteiger partial charge in [-0.15, -0.1) is 0 Å². The molecule has 2 saturated carbocycles.